The van der Waals surface area contributed by atoms with E-state index >= 15 is 0 Å². The van der Waals surface area contributed by atoms with Crippen LogP contribution in [-0.4, -0.2) is 9.13 Å². The second-order valence-electron chi connectivity index (χ2n) is 14.7. The van der Waals surface area contributed by atoms with Gasteiger partial charge in [-0.2, -0.15) is 0 Å². The molecule has 0 unspecified atom stereocenters. The Morgan fingerprint density at radius 2 is 0.755 bits per heavy atom. The van der Waals surface area contributed by atoms with Crippen molar-refractivity contribution in [2.24, 2.45) is 0 Å². The van der Waals surface area contributed by atoms with E-state index in [9.17, 15) is 0 Å². The van der Waals surface area contributed by atoms with Crippen LogP contribution in [0, 0.1) is 20.8 Å². The van der Waals surface area contributed by atoms with Crippen LogP contribution in [0.4, 0.5) is 0 Å². The van der Waals surface area contributed by atoms with E-state index in [-0.39, 0.29) is 0 Å². The zero-order valence-corrected chi connectivity index (χ0v) is 30.0. The van der Waals surface area contributed by atoms with Crippen LogP contribution in [0.25, 0.3) is 99.5 Å². The Bertz CT molecular complexity index is 3100. The molecule has 2 heteroatoms. The maximum atomic E-state index is 2.55. The lowest BCUT2D eigenvalue weighted by molar-refractivity contribution is 1.14. The summed E-state index contributed by atoms with van der Waals surface area (Å²) in [5, 5.41) is 5.04. The molecule has 0 aliphatic heterocycles. The number of hydrogen-bond donors (Lipinski definition) is 0. The Kier molecular flexibility index (Phi) is 6.33. The van der Waals surface area contributed by atoms with Gasteiger partial charge in [0, 0.05) is 32.8 Å². The summed E-state index contributed by atoms with van der Waals surface area (Å²) in [6, 6.07) is 61.0. The predicted molar refractivity (Wildman–Crippen MR) is 225 cm³/mol. The summed E-state index contributed by atoms with van der Waals surface area (Å²) in [7, 11) is 0. The van der Waals surface area contributed by atoms with Crippen LogP contribution in [0.15, 0.2) is 164 Å². The minimum Gasteiger partial charge on any atom is -0.309 e. The van der Waals surface area contributed by atoms with Gasteiger partial charge in [-0.15, -0.1) is 0 Å². The summed E-state index contributed by atoms with van der Waals surface area (Å²) < 4.78 is 4.97. The fourth-order valence-electron chi connectivity index (χ4n) is 9.17. The van der Waals surface area contributed by atoms with Gasteiger partial charge in [0.05, 0.1) is 27.8 Å². The van der Waals surface area contributed by atoms with Crippen molar-refractivity contribution in [3.63, 3.8) is 0 Å². The molecule has 10 aromatic rings. The molecule has 250 valence electrons. The van der Waals surface area contributed by atoms with E-state index in [1.807, 2.05) is 0 Å². The monoisotopic (exact) mass is 676 g/mol. The molecule has 53 heavy (non-hydrogen) atoms. The van der Waals surface area contributed by atoms with E-state index in [0.717, 1.165) is 0 Å². The van der Waals surface area contributed by atoms with Gasteiger partial charge in [0.15, 0.2) is 0 Å². The normalized spacial score (nSPS) is 12.1. The standard InChI is InChI=1S/C51H36N2/c1-31-24-26-42-37-16-6-4-14-35(37)36-15-5-7-17-38(36)43-28-32(2)33(3)29-45(43)50(42)51(31)53-48-23-13-10-20-41(48)44-30-34(25-27-49(44)53)52-46-21-11-8-18-39(46)40-19-9-12-22-47(40)52/h4-30H,1-3H3. The molecule has 1 aliphatic carbocycles. The number of hydrogen-bond acceptors (Lipinski definition) is 0. The Labute approximate surface area is 308 Å². The minimum atomic E-state index is 1.17. The first-order chi connectivity index (χ1) is 26.1. The van der Waals surface area contributed by atoms with Crippen LogP contribution in [0.1, 0.15) is 16.7 Å². The highest BCUT2D eigenvalue weighted by Crippen LogP contribution is 2.51. The fraction of sp³-hybridized carbons (Fsp3) is 0.0588. The van der Waals surface area contributed by atoms with Crippen molar-refractivity contribution in [3.8, 4) is 55.9 Å². The SMILES string of the molecule is Cc1cc2c(cc1C)-c1c(ccc(C)c1-n1c3ccccc3c3cc(-n4c5ccccc5c5ccccc54)ccc31)-c1ccccc1-c1ccccc1-2. The second-order valence-corrected chi connectivity index (χ2v) is 14.7. The largest absolute Gasteiger partial charge is 0.309 e. The second kappa shape index (κ2) is 11.2. The highest BCUT2D eigenvalue weighted by Gasteiger charge is 2.27. The fourth-order valence-corrected chi connectivity index (χ4v) is 9.17. The Morgan fingerprint density at radius 1 is 0.302 bits per heavy atom. The molecule has 1 aliphatic rings. The topological polar surface area (TPSA) is 9.86 Å². The minimum absolute atomic E-state index is 1.17. The molecule has 0 N–H and O–H groups in total. The quantitative estimate of drug-likeness (QED) is 0.172. The summed E-state index contributed by atoms with van der Waals surface area (Å²) in [5.74, 6) is 0. The van der Waals surface area contributed by atoms with Gasteiger partial charge >= 0.3 is 0 Å². The maximum absolute atomic E-state index is 2.55. The molecule has 0 saturated carbocycles. The smallest absolute Gasteiger partial charge is 0.0576 e. The molecular formula is C51H36N2. The van der Waals surface area contributed by atoms with Crippen molar-refractivity contribution in [1.29, 1.82) is 0 Å². The third-order valence-electron chi connectivity index (χ3n) is 11.7. The Hall–Kier alpha value is -6.64. The highest BCUT2D eigenvalue weighted by atomic mass is 15.0. The molecule has 2 nitrogen and oxygen atoms in total. The van der Waals surface area contributed by atoms with Crippen molar-refractivity contribution in [1.82, 2.24) is 9.13 Å². The van der Waals surface area contributed by atoms with E-state index in [0.29, 0.717) is 0 Å². The lowest BCUT2D eigenvalue weighted by atomic mass is 9.78. The summed E-state index contributed by atoms with van der Waals surface area (Å²) in [4.78, 5) is 0. The first-order valence-electron chi connectivity index (χ1n) is 18.5. The van der Waals surface area contributed by atoms with Crippen LogP contribution in [0.5, 0.6) is 0 Å². The van der Waals surface area contributed by atoms with Crippen LogP contribution >= 0.6 is 0 Å². The van der Waals surface area contributed by atoms with Gasteiger partial charge in [0.1, 0.15) is 0 Å². The number of fused-ring (bicyclic) bond motifs is 14. The molecule has 0 atom stereocenters. The van der Waals surface area contributed by atoms with Gasteiger partial charge in [-0.05, 0) is 113 Å². The van der Waals surface area contributed by atoms with Gasteiger partial charge in [-0.25, -0.2) is 0 Å². The van der Waals surface area contributed by atoms with Crippen LogP contribution in [-0.2, 0) is 0 Å². The number of benzene rings is 8. The molecule has 8 aromatic carbocycles. The average molecular weight is 677 g/mol. The third-order valence-corrected chi connectivity index (χ3v) is 11.7. The number of para-hydroxylation sites is 3. The molecular weight excluding hydrogens is 641 g/mol. The summed E-state index contributed by atoms with van der Waals surface area (Å²) in [5.41, 5.74) is 21.3. The molecule has 0 spiro atoms. The van der Waals surface area contributed by atoms with E-state index < -0.39 is 0 Å². The van der Waals surface area contributed by atoms with Gasteiger partial charge in [0.2, 0.25) is 0 Å². The van der Waals surface area contributed by atoms with Crippen molar-refractivity contribution in [2.45, 2.75) is 20.8 Å². The van der Waals surface area contributed by atoms with Crippen molar-refractivity contribution >= 4 is 43.6 Å². The molecule has 0 fully saturated rings. The van der Waals surface area contributed by atoms with Crippen LogP contribution in [0.2, 0.25) is 0 Å². The molecule has 0 bridgehead atoms. The van der Waals surface area contributed by atoms with Crippen LogP contribution in [0.3, 0.4) is 0 Å². The summed E-state index contributed by atoms with van der Waals surface area (Å²) in [6.07, 6.45) is 0. The first-order valence-corrected chi connectivity index (χ1v) is 18.5. The van der Waals surface area contributed by atoms with Crippen molar-refractivity contribution < 1.29 is 0 Å². The first kappa shape index (κ1) is 30.0. The Morgan fingerprint density at radius 3 is 1.36 bits per heavy atom. The number of aromatic nitrogens is 2. The number of aryl methyl sites for hydroxylation is 3. The zero-order valence-electron chi connectivity index (χ0n) is 30.0. The Balaban J connectivity index is 1.27. The summed E-state index contributed by atoms with van der Waals surface area (Å²) in [6.45, 7) is 6.77. The highest BCUT2D eigenvalue weighted by molar-refractivity contribution is 6.14. The van der Waals surface area contributed by atoms with Gasteiger partial charge in [-0.3, -0.25) is 0 Å². The lowest BCUT2D eigenvalue weighted by Crippen LogP contribution is -2.05. The predicted octanol–water partition coefficient (Wildman–Crippen LogP) is 13.8. The third kappa shape index (κ3) is 4.21. The van der Waals surface area contributed by atoms with E-state index in [4.69, 9.17) is 0 Å². The molecule has 11 rings (SSSR count). The number of rotatable bonds is 2. The lowest BCUT2D eigenvalue weighted by Gasteiger charge is -2.27. The van der Waals surface area contributed by atoms with E-state index in [1.165, 1.54) is 116 Å². The molecule has 2 aromatic heterocycles. The summed E-state index contributed by atoms with van der Waals surface area (Å²) >= 11 is 0. The van der Waals surface area contributed by atoms with Crippen LogP contribution < -0.4 is 0 Å². The van der Waals surface area contributed by atoms with Gasteiger partial charge in [-0.1, -0.05) is 127 Å². The van der Waals surface area contributed by atoms with Crippen molar-refractivity contribution in [2.75, 3.05) is 0 Å². The average Bonchev–Trinajstić information content (AvgIpc) is 3.71. The molecule has 0 saturated heterocycles. The van der Waals surface area contributed by atoms with E-state index in [2.05, 4.69) is 194 Å². The molecule has 0 radical (unpaired) electrons. The molecule has 0 amide bonds. The number of nitrogens with zero attached hydrogens (tertiary/aromatic N) is 2. The van der Waals surface area contributed by atoms with Crippen molar-refractivity contribution in [3.05, 3.63) is 180 Å². The van der Waals surface area contributed by atoms with E-state index in [1.54, 1.807) is 0 Å². The maximum Gasteiger partial charge on any atom is 0.0576 e. The molecule has 2 heterocycles. The zero-order chi connectivity index (χ0) is 35.4. The van der Waals surface area contributed by atoms with Gasteiger partial charge in [0.25, 0.3) is 0 Å². The van der Waals surface area contributed by atoms with Gasteiger partial charge < -0.3 is 9.13 Å².